The van der Waals surface area contributed by atoms with Gasteiger partial charge in [0.15, 0.2) is 5.16 Å². The fourth-order valence-electron chi connectivity index (χ4n) is 3.52. The molecule has 0 saturated carbocycles. The molecule has 0 radical (unpaired) electrons. The molecule has 0 spiro atoms. The Balaban J connectivity index is 1.43. The molecule has 4 aromatic rings. The summed E-state index contributed by atoms with van der Waals surface area (Å²) in [7, 11) is 0. The molecule has 4 rings (SSSR count). The SMILES string of the molecule is O=C(CSc1nc2ccccc2c(=O)n1Cc1ccc(Cl)cc1)NCCCc1ccccc1. The smallest absolute Gasteiger partial charge is 0.262 e. The summed E-state index contributed by atoms with van der Waals surface area (Å²) in [5, 5.41) is 4.68. The molecule has 1 amide bonds. The normalized spacial score (nSPS) is 10.9. The highest BCUT2D eigenvalue weighted by Crippen LogP contribution is 2.19. The molecule has 0 fully saturated rings. The molecule has 5 nitrogen and oxygen atoms in total. The van der Waals surface area contributed by atoms with E-state index < -0.39 is 0 Å². The highest BCUT2D eigenvalue weighted by atomic mass is 35.5. The maximum atomic E-state index is 13.2. The van der Waals surface area contributed by atoms with Gasteiger partial charge in [-0.05, 0) is 48.2 Å². The Morgan fingerprint density at radius 2 is 1.67 bits per heavy atom. The standard InChI is InChI=1S/C26H24ClN3O2S/c27-21-14-12-20(13-15-21)17-30-25(32)22-10-4-5-11-23(22)29-26(30)33-18-24(31)28-16-6-9-19-7-2-1-3-8-19/h1-5,7-8,10-15H,6,9,16-18H2,(H,28,31). The van der Waals surface area contributed by atoms with Crippen LogP contribution in [-0.4, -0.2) is 27.8 Å². The lowest BCUT2D eigenvalue weighted by atomic mass is 10.1. The zero-order chi connectivity index (χ0) is 23.0. The Morgan fingerprint density at radius 3 is 2.45 bits per heavy atom. The average Bonchev–Trinajstić information content (AvgIpc) is 2.84. The van der Waals surface area contributed by atoms with E-state index in [-0.39, 0.29) is 17.2 Å². The van der Waals surface area contributed by atoms with E-state index in [0.29, 0.717) is 34.2 Å². The van der Waals surface area contributed by atoms with Crippen molar-refractivity contribution in [1.82, 2.24) is 14.9 Å². The number of rotatable bonds is 9. The second-order valence-electron chi connectivity index (χ2n) is 7.66. The number of nitrogens with zero attached hydrogens (tertiary/aromatic N) is 2. The molecule has 1 N–H and O–H groups in total. The molecule has 0 bridgehead atoms. The van der Waals surface area contributed by atoms with Gasteiger partial charge in [0, 0.05) is 11.6 Å². The lowest BCUT2D eigenvalue weighted by molar-refractivity contribution is -0.118. The highest BCUT2D eigenvalue weighted by Gasteiger charge is 2.14. The van der Waals surface area contributed by atoms with Crippen LogP contribution in [-0.2, 0) is 17.8 Å². The summed E-state index contributed by atoms with van der Waals surface area (Å²) in [4.78, 5) is 30.3. The third kappa shape index (κ3) is 6.24. The van der Waals surface area contributed by atoms with Gasteiger partial charge in [-0.25, -0.2) is 4.98 Å². The first kappa shape index (κ1) is 23.1. The molecule has 33 heavy (non-hydrogen) atoms. The van der Waals surface area contributed by atoms with E-state index in [1.54, 1.807) is 22.8 Å². The molecule has 0 aliphatic rings. The summed E-state index contributed by atoms with van der Waals surface area (Å²) in [6, 6.07) is 24.8. The van der Waals surface area contributed by atoms with E-state index >= 15 is 0 Å². The van der Waals surface area contributed by atoms with E-state index in [0.717, 1.165) is 18.4 Å². The van der Waals surface area contributed by atoms with E-state index in [9.17, 15) is 9.59 Å². The first-order valence-corrected chi connectivity index (χ1v) is 12.1. The van der Waals surface area contributed by atoms with Crippen LogP contribution in [0.5, 0.6) is 0 Å². The lowest BCUT2D eigenvalue weighted by Crippen LogP contribution is -2.28. The van der Waals surface area contributed by atoms with Crippen molar-refractivity contribution in [1.29, 1.82) is 0 Å². The second kappa shape index (κ2) is 11.2. The number of hydrogen-bond donors (Lipinski definition) is 1. The number of hydrogen-bond acceptors (Lipinski definition) is 4. The van der Waals surface area contributed by atoms with Crippen molar-refractivity contribution < 1.29 is 4.79 Å². The van der Waals surface area contributed by atoms with Gasteiger partial charge in [-0.3, -0.25) is 14.2 Å². The second-order valence-corrected chi connectivity index (χ2v) is 9.04. The van der Waals surface area contributed by atoms with Crippen molar-refractivity contribution in [2.75, 3.05) is 12.3 Å². The minimum absolute atomic E-state index is 0.0755. The van der Waals surface area contributed by atoms with Crippen LogP contribution in [0, 0.1) is 0 Å². The van der Waals surface area contributed by atoms with Crippen molar-refractivity contribution in [3.63, 3.8) is 0 Å². The number of aryl methyl sites for hydroxylation is 1. The van der Waals surface area contributed by atoms with E-state index in [1.165, 1.54) is 17.3 Å². The number of amides is 1. The van der Waals surface area contributed by atoms with Crippen LogP contribution in [0.1, 0.15) is 17.5 Å². The monoisotopic (exact) mass is 477 g/mol. The Morgan fingerprint density at radius 1 is 0.939 bits per heavy atom. The third-order valence-corrected chi connectivity index (χ3v) is 6.45. The van der Waals surface area contributed by atoms with Crippen LogP contribution in [0.25, 0.3) is 10.9 Å². The Kier molecular flexibility index (Phi) is 7.81. The van der Waals surface area contributed by atoms with Crippen molar-refractivity contribution in [2.45, 2.75) is 24.5 Å². The number of halogens is 1. The molecule has 0 atom stereocenters. The predicted molar refractivity (Wildman–Crippen MR) is 135 cm³/mol. The van der Waals surface area contributed by atoms with Gasteiger partial charge in [-0.1, -0.05) is 78.0 Å². The van der Waals surface area contributed by atoms with Gasteiger partial charge in [0.1, 0.15) is 0 Å². The van der Waals surface area contributed by atoms with Crippen LogP contribution in [0.4, 0.5) is 0 Å². The van der Waals surface area contributed by atoms with Gasteiger partial charge in [0.25, 0.3) is 5.56 Å². The summed E-state index contributed by atoms with van der Waals surface area (Å²) >= 11 is 7.27. The zero-order valence-corrected chi connectivity index (χ0v) is 19.6. The molecule has 0 saturated heterocycles. The fraction of sp³-hybridized carbons (Fsp3) is 0.192. The molecule has 7 heteroatoms. The number of para-hydroxylation sites is 1. The van der Waals surface area contributed by atoms with Crippen LogP contribution < -0.4 is 10.9 Å². The number of carbonyl (C=O) groups is 1. The Hall–Kier alpha value is -3.09. The molecule has 168 valence electrons. The largest absolute Gasteiger partial charge is 0.355 e. The molecule has 1 heterocycles. The van der Waals surface area contributed by atoms with E-state index in [4.69, 9.17) is 11.6 Å². The average molecular weight is 478 g/mol. The molecule has 3 aromatic carbocycles. The first-order valence-electron chi connectivity index (χ1n) is 10.8. The maximum absolute atomic E-state index is 13.2. The van der Waals surface area contributed by atoms with Crippen molar-refractivity contribution in [3.05, 3.63) is 105 Å². The molecule has 0 aliphatic carbocycles. The van der Waals surface area contributed by atoms with Gasteiger partial charge < -0.3 is 5.32 Å². The van der Waals surface area contributed by atoms with Gasteiger partial charge in [-0.2, -0.15) is 0 Å². The van der Waals surface area contributed by atoms with Gasteiger partial charge in [0.2, 0.25) is 5.91 Å². The van der Waals surface area contributed by atoms with Crippen molar-refractivity contribution >= 4 is 40.2 Å². The van der Waals surface area contributed by atoms with Crippen molar-refractivity contribution in [2.24, 2.45) is 0 Å². The minimum Gasteiger partial charge on any atom is -0.355 e. The van der Waals surface area contributed by atoms with Crippen LogP contribution in [0.2, 0.25) is 5.02 Å². The van der Waals surface area contributed by atoms with E-state index in [2.05, 4.69) is 22.4 Å². The fourth-order valence-corrected chi connectivity index (χ4v) is 4.47. The minimum atomic E-state index is -0.124. The maximum Gasteiger partial charge on any atom is 0.262 e. The number of nitrogens with one attached hydrogen (secondary N) is 1. The number of carbonyl (C=O) groups excluding carboxylic acids is 1. The Bertz CT molecular complexity index is 1290. The third-order valence-electron chi connectivity index (χ3n) is 5.22. The molecular formula is C26H24ClN3O2S. The summed E-state index contributed by atoms with van der Waals surface area (Å²) in [5.41, 5.74) is 2.69. The highest BCUT2D eigenvalue weighted by molar-refractivity contribution is 7.99. The number of benzene rings is 3. The predicted octanol–water partition coefficient (Wildman–Crippen LogP) is 4.94. The molecular weight excluding hydrogens is 454 g/mol. The van der Waals surface area contributed by atoms with Gasteiger partial charge in [-0.15, -0.1) is 0 Å². The van der Waals surface area contributed by atoms with Gasteiger partial charge >= 0.3 is 0 Å². The van der Waals surface area contributed by atoms with E-state index in [1.807, 2.05) is 48.5 Å². The summed E-state index contributed by atoms with van der Waals surface area (Å²) in [6.45, 7) is 0.964. The Labute approximate surface area is 201 Å². The number of fused-ring (bicyclic) bond motifs is 1. The van der Waals surface area contributed by atoms with Crippen LogP contribution in [0.15, 0.2) is 88.8 Å². The lowest BCUT2D eigenvalue weighted by Gasteiger charge is -2.13. The van der Waals surface area contributed by atoms with Gasteiger partial charge in [0.05, 0.1) is 23.2 Å². The first-order chi connectivity index (χ1) is 16.1. The zero-order valence-electron chi connectivity index (χ0n) is 18.0. The number of thioether (sulfide) groups is 1. The summed E-state index contributed by atoms with van der Waals surface area (Å²) in [6.07, 6.45) is 1.79. The summed E-state index contributed by atoms with van der Waals surface area (Å²) < 4.78 is 1.62. The molecule has 1 aromatic heterocycles. The van der Waals surface area contributed by atoms with Crippen LogP contribution in [0.3, 0.4) is 0 Å². The molecule has 0 aliphatic heterocycles. The van der Waals surface area contributed by atoms with Crippen LogP contribution >= 0.6 is 23.4 Å². The topological polar surface area (TPSA) is 64.0 Å². The summed E-state index contributed by atoms with van der Waals surface area (Å²) in [5.74, 6) is 0.116. The molecule has 0 unspecified atom stereocenters. The number of aromatic nitrogens is 2. The van der Waals surface area contributed by atoms with Crippen molar-refractivity contribution in [3.8, 4) is 0 Å². The quantitative estimate of drug-likeness (QED) is 0.211.